The van der Waals surface area contributed by atoms with E-state index < -0.39 is 0 Å². The third kappa shape index (κ3) is 4.83. The van der Waals surface area contributed by atoms with Gasteiger partial charge in [0.25, 0.3) is 11.5 Å². The molecule has 11 heteroatoms. The van der Waals surface area contributed by atoms with E-state index in [0.29, 0.717) is 32.0 Å². The summed E-state index contributed by atoms with van der Waals surface area (Å²) in [5.74, 6) is -0.471. The van der Waals surface area contributed by atoms with Crippen LogP contribution in [0.5, 0.6) is 0 Å². The maximum atomic E-state index is 12.2. The first-order chi connectivity index (χ1) is 15.4. The lowest BCUT2D eigenvalue weighted by atomic mass is 10.2. The molecule has 0 saturated carbocycles. The number of rotatable bonds is 6. The number of hydrogen-bond donors (Lipinski definition) is 4. The summed E-state index contributed by atoms with van der Waals surface area (Å²) in [4.78, 5) is 36.7. The van der Waals surface area contributed by atoms with Gasteiger partial charge < -0.3 is 16.1 Å². The molecule has 3 aromatic rings. The summed E-state index contributed by atoms with van der Waals surface area (Å²) < 4.78 is 2.03. The van der Waals surface area contributed by atoms with Gasteiger partial charge in [-0.1, -0.05) is 17.7 Å². The number of thiophene rings is 1. The van der Waals surface area contributed by atoms with E-state index in [1.807, 2.05) is 0 Å². The number of carbonyl (C=O) groups excluding carboxylic acids is 2. The highest BCUT2D eigenvalue weighted by Crippen LogP contribution is 2.29. The molecule has 0 spiro atoms. The second kappa shape index (κ2) is 9.27. The van der Waals surface area contributed by atoms with Crippen molar-refractivity contribution >= 4 is 46.1 Å². The maximum absolute atomic E-state index is 12.2. The number of halogens is 1. The fourth-order valence-electron chi connectivity index (χ4n) is 3.09. The molecular weight excluding hydrogens is 452 g/mol. The van der Waals surface area contributed by atoms with E-state index in [-0.39, 0.29) is 23.9 Å². The molecule has 2 aromatic heterocycles. The predicted molar refractivity (Wildman–Crippen MR) is 125 cm³/mol. The van der Waals surface area contributed by atoms with Crippen molar-refractivity contribution < 1.29 is 9.59 Å². The summed E-state index contributed by atoms with van der Waals surface area (Å²) >= 11 is 7.08. The Morgan fingerprint density at radius 3 is 2.72 bits per heavy atom. The molecule has 0 aliphatic carbocycles. The lowest BCUT2D eigenvalue weighted by Crippen LogP contribution is -2.38. The fraction of sp³-hybridized carbons (Fsp3) is 0.0952. The molecule has 2 amide bonds. The van der Waals surface area contributed by atoms with E-state index in [2.05, 4.69) is 21.6 Å². The molecule has 32 heavy (non-hydrogen) atoms. The van der Waals surface area contributed by atoms with Crippen molar-refractivity contribution in [1.82, 2.24) is 20.8 Å². The quantitative estimate of drug-likeness (QED) is 0.441. The number of nitrogens with one attached hydrogen (secondary N) is 4. The number of nitrogens with zero attached hydrogens (tertiary/aromatic N) is 2. The highest BCUT2D eigenvalue weighted by molar-refractivity contribution is 7.18. The van der Waals surface area contributed by atoms with E-state index in [9.17, 15) is 14.4 Å². The summed E-state index contributed by atoms with van der Waals surface area (Å²) in [7, 11) is 0. The third-order valence-electron chi connectivity index (χ3n) is 4.51. The summed E-state index contributed by atoms with van der Waals surface area (Å²) in [5, 5.41) is 7.29. The average Bonchev–Trinajstić information content (AvgIpc) is 3.41. The summed E-state index contributed by atoms with van der Waals surface area (Å²) in [6, 6.07) is 13.5. The zero-order chi connectivity index (χ0) is 22.7. The van der Waals surface area contributed by atoms with Crippen LogP contribution in [0, 0.1) is 0 Å². The van der Waals surface area contributed by atoms with Crippen molar-refractivity contribution in [2.75, 3.05) is 16.9 Å². The minimum Gasteiger partial charge on any atom is -0.346 e. The molecule has 0 atom stereocenters. The van der Waals surface area contributed by atoms with E-state index in [4.69, 9.17) is 11.6 Å². The van der Waals surface area contributed by atoms with Gasteiger partial charge in [0, 0.05) is 25.4 Å². The molecule has 0 bridgehead atoms. The predicted octanol–water partition coefficient (Wildman–Crippen LogP) is 2.61. The van der Waals surface area contributed by atoms with E-state index in [1.54, 1.807) is 59.9 Å². The molecule has 0 saturated heterocycles. The molecule has 4 N–H and O–H groups in total. The molecule has 164 valence electrons. The number of anilines is 2. The third-order valence-corrected chi connectivity index (χ3v) is 5.74. The minimum absolute atomic E-state index is 0.181. The SMILES string of the molecule is CC(=O)Nc1cc(-n2ccccc2=O)ccc1N1C=C(CNC(=O)c2ccc(Cl)s2)NN1. The zero-order valence-electron chi connectivity index (χ0n) is 16.9. The molecule has 0 radical (unpaired) electrons. The van der Waals surface area contributed by atoms with E-state index in [1.165, 1.54) is 28.9 Å². The van der Waals surface area contributed by atoms with Gasteiger partial charge >= 0.3 is 0 Å². The van der Waals surface area contributed by atoms with E-state index >= 15 is 0 Å². The highest BCUT2D eigenvalue weighted by atomic mass is 35.5. The van der Waals surface area contributed by atoms with Gasteiger partial charge in [-0.25, -0.2) is 0 Å². The van der Waals surface area contributed by atoms with Gasteiger partial charge in [0.15, 0.2) is 0 Å². The van der Waals surface area contributed by atoms with Crippen molar-refractivity contribution in [1.29, 1.82) is 0 Å². The summed E-state index contributed by atoms with van der Waals surface area (Å²) in [6.07, 6.45) is 3.42. The molecule has 4 rings (SSSR count). The van der Waals surface area contributed by atoms with Crippen LogP contribution < -0.4 is 32.2 Å². The maximum Gasteiger partial charge on any atom is 0.261 e. The largest absolute Gasteiger partial charge is 0.346 e. The van der Waals surface area contributed by atoms with Crippen LogP contribution in [0.4, 0.5) is 11.4 Å². The van der Waals surface area contributed by atoms with Gasteiger partial charge in [0.1, 0.15) is 0 Å². The Morgan fingerprint density at radius 1 is 1.16 bits per heavy atom. The van der Waals surface area contributed by atoms with Gasteiger partial charge in [-0.05, 0) is 36.4 Å². The molecule has 9 nitrogen and oxygen atoms in total. The minimum atomic E-state index is -0.248. The first-order valence-corrected chi connectivity index (χ1v) is 10.7. The van der Waals surface area contributed by atoms with Crippen molar-refractivity contribution in [3.63, 3.8) is 0 Å². The van der Waals surface area contributed by atoms with Gasteiger partial charge in [-0.15, -0.1) is 16.9 Å². The molecular formula is C21H19ClN6O3S. The summed E-state index contributed by atoms with van der Waals surface area (Å²) in [6.45, 7) is 1.67. The molecule has 1 aromatic carbocycles. The second-order valence-corrected chi connectivity index (χ2v) is 8.55. The summed E-state index contributed by atoms with van der Waals surface area (Å²) in [5.41, 5.74) is 8.25. The van der Waals surface area contributed by atoms with Crippen LogP contribution in [0.1, 0.15) is 16.6 Å². The van der Waals surface area contributed by atoms with Crippen LogP contribution in [0.15, 0.2) is 71.4 Å². The lowest BCUT2D eigenvalue weighted by Gasteiger charge is -2.20. The van der Waals surface area contributed by atoms with Crippen molar-refractivity contribution in [3.05, 3.63) is 86.2 Å². The van der Waals surface area contributed by atoms with Crippen LogP contribution >= 0.6 is 22.9 Å². The first-order valence-electron chi connectivity index (χ1n) is 9.55. The molecule has 0 unspecified atom stereocenters. The number of hydrogen-bond acceptors (Lipinski definition) is 7. The monoisotopic (exact) mass is 470 g/mol. The lowest BCUT2D eigenvalue weighted by molar-refractivity contribution is -0.114. The van der Waals surface area contributed by atoms with Gasteiger partial charge in [0.2, 0.25) is 5.91 Å². The Balaban J connectivity index is 1.54. The second-order valence-electron chi connectivity index (χ2n) is 6.84. The smallest absolute Gasteiger partial charge is 0.261 e. The Morgan fingerprint density at radius 2 is 2.00 bits per heavy atom. The van der Waals surface area contributed by atoms with Gasteiger partial charge in [-0.2, -0.15) is 0 Å². The van der Waals surface area contributed by atoms with Crippen LogP contribution in [-0.4, -0.2) is 22.9 Å². The topological polar surface area (TPSA) is 108 Å². The van der Waals surface area contributed by atoms with Gasteiger partial charge in [-0.3, -0.25) is 24.0 Å². The van der Waals surface area contributed by atoms with Gasteiger partial charge in [0.05, 0.1) is 38.5 Å². The number of amides is 2. The number of benzene rings is 1. The van der Waals surface area contributed by atoms with Crippen LogP contribution in [0.25, 0.3) is 5.69 Å². The normalized spacial score (nSPS) is 12.8. The first kappa shape index (κ1) is 21.6. The molecule has 1 aliphatic rings. The Hall–Kier alpha value is -3.60. The number of aromatic nitrogens is 1. The van der Waals surface area contributed by atoms with Crippen molar-refractivity contribution in [3.8, 4) is 5.69 Å². The number of pyridine rings is 1. The molecule has 1 aliphatic heterocycles. The fourth-order valence-corrected chi connectivity index (χ4v) is 4.04. The molecule has 3 heterocycles. The average molecular weight is 471 g/mol. The van der Waals surface area contributed by atoms with Crippen LogP contribution in [0.2, 0.25) is 4.34 Å². The molecule has 0 fully saturated rings. The Labute approximate surface area is 192 Å². The van der Waals surface area contributed by atoms with Crippen LogP contribution in [-0.2, 0) is 4.79 Å². The number of hydrazine groups is 2. The van der Waals surface area contributed by atoms with Crippen molar-refractivity contribution in [2.24, 2.45) is 0 Å². The Kier molecular flexibility index (Phi) is 6.26. The van der Waals surface area contributed by atoms with Crippen LogP contribution in [0.3, 0.4) is 0 Å². The van der Waals surface area contributed by atoms with E-state index in [0.717, 1.165) is 0 Å². The Bertz CT molecular complexity index is 1270. The zero-order valence-corrected chi connectivity index (χ0v) is 18.5. The number of carbonyl (C=O) groups is 2. The standard InChI is InChI=1S/C21H19ClN6O3S/c1-13(29)24-16-10-15(27-9-3-2-4-20(27)30)5-6-17(16)28-12-14(25-26-28)11-23-21(31)18-7-8-19(22)32-18/h2-10,12,25-26H,11H2,1H3,(H,23,31)(H,24,29). The van der Waals surface area contributed by atoms with Crippen molar-refractivity contribution in [2.45, 2.75) is 6.92 Å². The highest BCUT2D eigenvalue weighted by Gasteiger charge is 2.18.